The molecule has 1 N–H and O–H groups in total. The number of pyridine rings is 1. The van der Waals surface area contributed by atoms with E-state index in [1.165, 1.54) is 0 Å². The van der Waals surface area contributed by atoms with E-state index in [9.17, 15) is 5.26 Å². The van der Waals surface area contributed by atoms with Crippen molar-refractivity contribution >= 4 is 16.7 Å². The van der Waals surface area contributed by atoms with Crippen LogP contribution in [0.5, 0.6) is 0 Å². The van der Waals surface area contributed by atoms with Crippen LogP contribution in [0.4, 0.5) is 5.82 Å². The molecule has 124 valence electrons. The number of nitrogens with zero attached hydrogens (tertiary/aromatic N) is 4. The number of hydrogen-bond donors (Lipinski definition) is 1. The Hall–Kier alpha value is -3.78. The third-order valence-corrected chi connectivity index (χ3v) is 4.21. The number of rotatable bonds is 3. The van der Waals surface area contributed by atoms with Crippen molar-refractivity contribution in [2.75, 3.05) is 12.4 Å². The molecular weight excluding hydrogens is 322 g/mol. The minimum absolute atomic E-state index is 0.625. The minimum Gasteiger partial charge on any atom is -0.373 e. The van der Waals surface area contributed by atoms with E-state index >= 15 is 0 Å². The van der Waals surface area contributed by atoms with Gasteiger partial charge in [-0.1, -0.05) is 24.3 Å². The number of hydrogen-bond acceptors (Lipinski definition) is 5. The average molecular weight is 337 g/mol. The maximum absolute atomic E-state index is 9.36. The van der Waals surface area contributed by atoms with Gasteiger partial charge in [0.05, 0.1) is 17.1 Å². The van der Waals surface area contributed by atoms with Crippen molar-refractivity contribution in [3.05, 3.63) is 72.6 Å². The molecule has 0 aliphatic rings. The van der Waals surface area contributed by atoms with Gasteiger partial charge in [-0.3, -0.25) is 4.98 Å². The van der Waals surface area contributed by atoms with Gasteiger partial charge >= 0.3 is 0 Å². The van der Waals surface area contributed by atoms with Crippen LogP contribution in [-0.4, -0.2) is 22.0 Å². The molecule has 2 aromatic carbocycles. The van der Waals surface area contributed by atoms with Gasteiger partial charge in [-0.15, -0.1) is 0 Å². The number of nitriles is 1. The molecule has 4 aromatic rings. The number of aromatic nitrogens is 3. The summed E-state index contributed by atoms with van der Waals surface area (Å²) in [5.74, 6) is 1.37. The summed E-state index contributed by atoms with van der Waals surface area (Å²) in [7, 11) is 1.84. The number of benzene rings is 2. The highest BCUT2D eigenvalue weighted by atomic mass is 15.0. The predicted molar refractivity (Wildman–Crippen MR) is 102 cm³/mol. The SMILES string of the molecule is CNc1nc(-c2cccnc2)nc2ccc(-c3ccccc3C#N)cc12. The molecule has 26 heavy (non-hydrogen) atoms. The molecule has 2 heterocycles. The summed E-state index contributed by atoms with van der Waals surface area (Å²) < 4.78 is 0. The smallest absolute Gasteiger partial charge is 0.163 e. The Morgan fingerprint density at radius 2 is 1.85 bits per heavy atom. The molecule has 0 radical (unpaired) electrons. The van der Waals surface area contributed by atoms with E-state index in [4.69, 9.17) is 0 Å². The van der Waals surface area contributed by atoms with E-state index < -0.39 is 0 Å². The maximum Gasteiger partial charge on any atom is 0.163 e. The van der Waals surface area contributed by atoms with Crippen LogP contribution in [0.1, 0.15) is 5.56 Å². The van der Waals surface area contributed by atoms with Gasteiger partial charge in [0.1, 0.15) is 5.82 Å². The summed E-state index contributed by atoms with van der Waals surface area (Å²) in [6.45, 7) is 0. The van der Waals surface area contributed by atoms with Crippen LogP contribution in [0.25, 0.3) is 33.4 Å². The normalized spacial score (nSPS) is 10.5. The molecule has 0 aliphatic carbocycles. The third-order valence-electron chi connectivity index (χ3n) is 4.21. The van der Waals surface area contributed by atoms with Gasteiger partial charge < -0.3 is 5.32 Å². The van der Waals surface area contributed by atoms with E-state index in [1.54, 1.807) is 12.4 Å². The number of fused-ring (bicyclic) bond motifs is 1. The van der Waals surface area contributed by atoms with Crippen molar-refractivity contribution in [2.45, 2.75) is 0 Å². The summed E-state index contributed by atoms with van der Waals surface area (Å²) in [6.07, 6.45) is 3.47. The molecule has 0 atom stereocenters. The summed E-state index contributed by atoms with van der Waals surface area (Å²) in [6, 6.07) is 19.6. The first-order valence-electron chi connectivity index (χ1n) is 8.19. The quantitative estimate of drug-likeness (QED) is 0.604. The molecule has 5 nitrogen and oxygen atoms in total. The Balaban J connectivity index is 1.91. The van der Waals surface area contributed by atoms with Crippen molar-refractivity contribution in [3.8, 4) is 28.6 Å². The predicted octanol–water partition coefficient (Wildman–Crippen LogP) is 4.27. The van der Waals surface area contributed by atoms with Gasteiger partial charge in [0, 0.05) is 30.4 Å². The largest absolute Gasteiger partial charge is 0.373 e. The van der Waals surface area contributed by atoms with Crippen LogP contribution in [-0.2, 0) is 0 Å². The summed E-state index contributed by atoms with van der Waals surface area (Å²) >= 11 is 0. The van der Waals surface area contributed by atoms with Gasteiger partial charge in [-0.25, -0.2) is 9.97 Å². The second kappa shape index (κ2) is 6.61. The molecule has 0 saturated carbocycles. The molecule has 0 fully saturated rings. The monoisotopic (exact) mass is 337 g/mol. The fourth-order valence-electron chi connectivity index (χ4n) is 2.94. The van der Waals surface area contributed by atoms with E-state index in [2.05, 4.69) is 26.3 Å². The standard InChI is InChI=1S/C21H15N5/c1-23-21-18-11-14(17-7-3-2-5-15(17)12-22)8-9-19(18)25-20(26-21)16-6-4-10-24-13-16/h2-11,13H,1H3,(H,23,25,26). The van der Waals surface area contributed by atoms with Crippen LogP contribution < -0.4 is 5.32 Å². The van der Waals surface area contributed by atoms with E-state index in [1.807, 2.05) is 61.6 Å². The fourth-order valence-corrected chi connectivity index (χ4v) is 2.94. The zero-order valence-electron chi connectivity index (χ0n) is 14.1. The Labute approximate surface area is 151 Å². The van der Waals surface area contributed by atoms with Crippen molar-refractivity contribution in [1.82, 2.24) is 15.0 Å². The molecule has 0 unspecified atom stereocenters. The molecule has 4 rings (SSSR count). The number of nitrogens with one attached hydrogen (secondary N) is 1. The maximum atomic E-state index is 9.36. The molecular formula is C21H15N5. The first-order chi connectivity index (χ1) is 12.8. The lowest BCUT2D eigenvalue weighted by Crippen LogP contribution is -1.99. The lowest BCUT2D eigenvalue weighted by Gasteiger charge is -2.10. The van der Waals surface area contributed by atoms with Crippen LogP contribution in [0.2, 0.25) is 0 Å². The second-order valence-electron chi connectivity index (χ2n) is 5.78. The fraction of sp³-hybridized carbons (Fsp3) is 0.0476. The van der Waals surface area contributed by atoms with Gasteiger partial charge in [0.2, 0.25) is 0 Å². The molecule has 0 aliphatic heterocycles. The molecule has 0 saturated heterocycles. The average Bonchev–Trinajstić information content (AvgIpc) is 2.73. The summed E-state index contributed by atoms with van der Waals surface area (Å²) in [5.41, 5.74) is 4.20. The first kappa shape index (κ1) is 15.7. The van der Waals surface area contributed by atoms with Gasteiger partial charge in [0.15, 0.2) is 5.82 Å². The summed E-state index contributed by atoms with van der Waals surface area (Å²) in [4.78, 5) is 13.5. The number of anilines is 1. The summed E-state index contributed by atoms with van der Waals surface area (Å²) in [5, 5.41) is 13.4. The van der Waals surface area contributed by atoms with E-state index in [0.717, 1.165) is 33.4 Å². The lowest BCUT2D eigenvalue weighted by atomic mass is 9.99. The van der Waals surface area contributed by atoms with Crippen molar-refractivity contribution in [2.24, 2.45) is 0 Å². The Morgan fingerprint density at radius 1 is 0.962 bits per heavy atom. The highest BCUT2D eigenvalue weighted by Gasteiger charge is 2.11. The highest BCUT2D eigenvalue weighted by molar-refractivity contribution is 5.94. The van der Waals surface area contributed by atoms with E-state index in [-0.39, 0.29) is 0 Å². The van der Waals surface area contributed by atoms with Crippen molar-refractivity contribution < 1.29 is 0 Å². The van der Waals surface area contributed by atoms with Crippen LogP contribution in [0.15, 0.2) is 67.0 Å². The first-order valence-corrected chi connectivity index (χ1v) is 8.19. The van der Waals surface area contributed by atoms with Crippen molar-refractivity contribution in [1.29, 1.82) is 5.26 Å². The minimum atomic E-state index is 0.625. The molecule has 5 heteroatoms. The second-order valence-corrected chi connectivity index (χ2v) is 5.78. The van der Waals surface area contributed by atoms with Crippen LogP contribution >= 0.6 is 0 Å². The Morgan fingerprint density at radius 3 is 2.62 bits per heavy atom. The van der Waals surface area contributed by atoms with Crippen LogP contribution in [0, 0.1) is 11.3 Å². The van der Waals surface area contributed by atoms with Crippen molar-refractivity contribution in [3.63, 3.8) is 0 Å². The Kier molecular flexibility index (Phi) is 4.00. The molecule has 0 bridgehead atoms. The zero-order chi connectivity index (χ0) is 17.9. The molecule has 0 spiro atoms. The van der Waals surface area contributed by atoms with Gasteiger partial charge in [-0.05, 0) is 41.5 Å². The van der Waals surface area contributed by atoms with Gasteiger partial charge in [-0.2, -0.15) is 5.26 Å². The third kappa shape index (κ3) is 2.74. The van der Waals surface area contributed by atoms with Crippen LogP contribution in [0.3, 0.4) is 0 Å². The zero-order valence-corrected chi connectivity index (χ0v) is 14.1. The molecule has 0 amide bonds. The van der Waals surface area contributed by atoms with E-state index in [0.29, 0.717) is 11.4 Å². The Bertz CT molecular complexity index is 1130. The van der Waals surface area contributed by atoms with Gasteiger partial charge in [0.25, 0.3) is 0 Å². The highest BCUT2D eigenvalue weighted by Crippen LogP contribution is 2.30. The molecule has 2 aromatic heterocycles. The topological polar surface area (TPSA) is 74.5 Å². The lowest BCUT2D eigenvalue weighted by molar-refractivity contribution is 1.20.